The molecule has 0 radical (unpaired) electrons. The van der Waals surface area contributed by atoms with Gasteiger partial charge in [-0.15, -0.1) is 0 Å². The molecule has 2 N–H and O–H groups in total. The van der Waals surface area contributed by atoms with Gasteiger partial charge < -0.3 is 5.73 Å². The summed E-state index contributed by atoms with van der Waals surface area (Å²) in [7, 11) is 0. The standard InChI is InChI=1S/C9H17N/c1-2-8-6-3-4-7(5-6)9(8)10/h6-9H,2-5,10H2,1H3. The molecule has 2 rings (SSSR count). The van der Waals surface area contributed by atoms with Crippen LogP contribution in [0.15, 0.2) is 0 Å². The third kappa shape index (κ3) is 0.731. The number of hydrogen-bond acceptors (Lipinski definition) is 1. The molecule has 0 aromatic carbocycles. The Labute approximate surface area is 63.0 Å². The Hall–Kier alpha value is -0.0400. The van der Waals surface area contributed by atoms with Crippen LogP contribution in [0.25, 0.3) is 0 Å². The number of fused-ring (bicyclic) bond motifs is 2. The quantitative estimate of drug-likeness (QED) is 0.588. The molecule has 0 aromatic rings. The third-order valence-corrected chi connectivity index (χ3v) is 3.63. The molecule has 0 aliphatic heterocycles. The Kier molecular flexibility index (Phi) is 1.48. The van der Waals surface area contributed by atoms with Crippen LogP contribution in [0.5, 0.6) is 0 Å². The predicted octanol–water partition coefficient (Wildman–Crippen LogP) is 1.77. The molecule has 0 saturated heterocycles. The number of nitrogens with two attached hydrogens (primary N) is 1. The molecular weight excluding hydrogens is 122 g/mol. The molecule has 2 fully saturated rings. The molecule has 2 aliphatic carbocycles. The summed E-state index contributed by atoms with van der Waals surface area (Å²) in [5.74, 6) is 2.78. The maximum Gasteiger partial charge on any atom is 0.00982 e. The van der Waals surface area contributed by atoms with E-state index >= 15 is 0 Å². The first-order chi connectivity index (χ1) is 4.83. The lowest BCUT2D eigenvalue weighted by molar-refractivity contribution is 0.281. The van der Waals surface area contributed by atoms with Gasteiger partial charge in [0.1, 0.15) is 0 Å². The molecule has 4 atom stereocenters. The maximum absolute atomic E-state index is 6.07. The summed E-state index contributed by atoms with van der Waals surface area (Å²) in [5, 5.41) is 0. The van der Waals surface area contributed by atoms with E-state index in [1.807, 2.05) is 0 Å². The normalized spacial score (nSPS) is 52.2. The van der Waals surface area contributed by atoms with Gasteiger partial charge in [-0.1, -0.05) is 13.3 Å². The molecule has 0 spiro atoms. The minimum absolute atomic E-state index is 0.559. The summed E-state index contributed by atoms with van der Waals surface area (Å²) in [4.78, 5) is 0. The molecule has 0 heterocycles. The van der Waals surface area contributed by atoms with E-state index in [1.165, 1.54) is 25.7 Å². The van der Waals surface area contributed by atoms with Crippen molar-refractivity contribution in [3.8, 4) is 0 Å². The van der Waals surface area contributed by atoms with E-state index in [9.17, 15) is 0 Å². The van der Waals surface area contributed by atoms with Crippen molar-refractivity contribution in [1.82, 2.24) is 0 Å². The maximum atomic E-state index is 6.07. The second kappa shape index (κ2) is 2.23. The van der Waals surface area contributed by atoms with Crippen molar-refractivity contribution in [2.45, 2.75) is 38.6 Å². The zero-order valence-electron chi connectivity index (χ0n) is 6.72. The van der Waals surface area contributed by atoms with Gasteiger partial charge >= 0.3 is 0 Å². The smallest absolute Gasteiger partial charge is 0.00982 e. The zero-order chi connectivity index (χ0) is 7.14. The average Bonchev–Trinajstić information content (AvgIpc) is 2.46. The summed E-state index contributed by atoms with van der Waals surface area (Å²) < 4.78 is 0. The fourth-order valence-electron chi connectivity index (χ4n) is 3.06. The Bertz CT molecular complexity index is 131. The van der Waals surface area contributed by atoms with Crippen molar-refractivity contribution in [2.24, 2.45) is 23.5 Å². The lowest BCUT2D eigenvalue weighted by Crippen LogP contribution is -2.35. The van der Waals surface area contributed by atoms with Crippen molar-refractivity contribution in [2.75, 3.05) is 0 Å². The van der Waals surface area contributed by atoms with Gasteiger partial charge in [-0.3, -0.25) is 0 Å². The van der Waals surface area contributed by atoms with Crippen LogP contribution in [0.4, 0.5) is 0 Å². The van der Waals surface area contributed by atoms with Crippen molar-refractivity contribution in [1.29, 1.82) is 0 Å². The molecule has 1 nitrogen and oxygen atoms in total. The van der Waals surface area contributed by atoms with Crippen molar-refractivity contribution in [3.63, 3.8) is 0 Å². The first-order valence-electron chi connectivity index (χ1n) is 4.58. The highest BCUT2D eigenvalue weighted by molar-refractivity contribution is 4.98. The molecule has 2 bridgehead atoms. The molecule has 1 heteroatoms. The SMILES string of the molecule is CCC1C2CCC(C2)C1N. The van der Waals surface area contributed by atoms with Crippen LogP contribution in [0.3, 0.4) is 0 Å². The first kappa shape index (κ1) is 6.66. The largest absolute Gasteiger partial charge is 0.327 e. The monoisotopic (exact) mass is 139 g/mol. The molecule has 0 amide bonds. The van der Waals surface area contributed by atoms with Gasteiger partial charge in [0.2, 0.25) is 0 Å². The zero-order valence-corrected chi connectivity index (χ0v) is 6.72. The van der Waals surface area contributed by atoms with Crippen molar-refractivity contribution in [3.05, 3.63) is 0 Å². The number of hydrogen-bond donors (Lipinski definition) is 1. The molecule has 2 aliphatic rings. The fraction of sp³-hybridized carbons (Fsp3) is 1.00. The highest BCUT2D eigenvalue weighted by Crippen LogP contribution is 2.48. The second-order valence-corrected chi connectivity index (χ2v) is 3.98. The topological polar surface area (TPSA) is 26.0 Å². The van der Waals surface area contributed by atoms with Crippen LogP contribution in [0, 0.1) is 17.8 Å². The summed E-state index contributed by atoms with van der Waals surface area (Å²) >= 11 is 0. The Morgan fingerprint density at radius 3 is 2.40 bits per heavy atom. The van der Waals surface area contributed by atoms with Gasteiger partial charge in [0.05, 0.1) is 0 Å². The van der Waals surface area contributed by atoms with Gasteiger partial charge in [0.15, 0.2) is 0 Å². The lowest BCUT2D eigenvalue weighted by atomic mass is 9.83. The van der Waals surface area contributed by atoms with Gasteiger partial charge in [-0.05, 0) is 37.0 Å². The molecule has 4 unspecified atom stereocenters. The van der Waals surface area contributed by atoms with E-state index < -0.39 is 0 Å². The molecule has 0 aromatic heterocycles. The van der Waals surface area contributed by atoms with Crippen LogP contribution in [0.2, 0.25) is 0 Å². The van der Waals surface area contributed by atoms with Crippen molar-refractivity contribution < 1.29 is 0 Å². The van der Waals surface area contributed by atoms with Crippen LogP contribution in [0.1, 0.15) is 32.6 Å². The average molecular weight is 139 g/mol. The third-order valence-electron chi connectivity index (χ3n) is 3.63. The highest BCUT2D eigenvalue weighted by Gasteiger charge is 2.44. The molecule has 2 saturated carbocycles. The van der Waals surface area contributed by atoms with Crippen LogP contribution >= 0.6 is 0 Å². The summed E-state index contributed by atoms with van der Waals surface area (Å²) in [5.41, 5.74) is 6.07. The van der Waals surface area contributed by atoms with E-state index in [4.69, 9.17) is 5.73 Å². The fourth-order valence-corrected chi connectivity index (χ4v) is 3.06. The minimum Gasteiger partial charge on any atom is -0.327 e. The van der Waals surface area contributed by atoms with E-state index in [-0.39, 0.29) is 0 Å². The van der Waals surface area contributed by atoms with E-state index in [0.29, 0.717) is 6.04 Å². The number of rotatable bonds is 1. The predicted molar refractivity (Wildman–Crippen MR) is 42.6 cm³/mol. The molecular formula is C9H17N. The van der Waals surface area contributed by atoms with E-state index in [2.05, 4.69) is 6.92 Å². The van der Waals surface area contributed by atoms with Gasteiger partial charge in [0, 0.05) is 6.04 Å². The first-order valence-corrected chi connectivity index (χ1v) is 4.58. The Morgan fingerprint density at radius 1 is 1.30 bits per heavy atom. The summed E-state index contributed by atoms with van der Waals surface area (Å²) in [6.07, 6.45) is 5.64. The van der Waals surface area contributed by atoms with Gasteiger partial charge in [-0.25, -0.2) is 0 Å². The Balaban J connectivity index is 2.10. The van der Waals surface area contributed by atoms with Crippen LogP contribution in [-0.4, -0.2) is 6.04 Å². The van der Waals surface area contributed by atoms with Crippen molar-refractivity contribution >= 4 is 0 Å². The Morgan fingerprint density at radius 2 is 2.00 bits per heavy atom. The minimum atomic E-state index is 0.559. The van der Waals surface area contributed by atoms with Crippen LogP contribution in [-0.2, 0) is 0 Å². The summed E-state index contributed by atoms with van der Waals surface area (Å²) in [6, 6.07) is 0.559. The van der Waals surface area contributed by atoms with Gasteiger partial charge in [-0.2, -0.15) is 0 Å². The summed E-state index contributed by atoms with van der Waals surface area (Å²) in [6.45, 7) is 2.28. The lowest BCUT2D eigenvalue weighted by Gasteiger charge is -2.26. The van der Waals surface area contributed by atoms with Gasteiger partial charge in [0.25, 0.3) is 0 Å². The molecule has 58 valence electrons. The molecule has 10 heavy (non-hydrogen) atoms. The van der Waals surface area contributed by atoms with E-state index in [0.717, 1.165) is 17.8 Å². The van der Waals surface area contributed by atoms with Crippen LogP contribution < -0.4 is 5.73 Å². The highest BCUT2D eigenvalue weighted by atomic mass is 14.7. The van der Waals surface area contributed by atoms with E-state index in [1.54, 1.807) is 0 Å². The second-order valence-electron chi connectivity index (χ2n) is 3.98.